The number of carbonyl (C=O) groups is 2. The quantitative estimate of drug-likeness (QED) is 0.694. The van der Waals surface area contributed by atoms with E-state index >= 15 is 0 Å². The summed E-state index contributed by atoms with van der Waals surface area (Å²) in [4.78, 5) is 27.1. The van der Waals surface area contributed by atoms with E-state index in [0.717, 1.165) is 30.4 Å². The van der Waals surface area contributed by atoms with Crippen molar-refractivity contribution in [3.63, 3.8) is 0 Å². The molecule has 1 atom stereocenters. The summed E-state index contributed by atoms with van der Waals surface area (Å²) < 4.78 is 12.2. The standard InChI is InChI=1S/C21H25BrN2O4/c1-14(2)19(21(26)24-11-3-4-12-24)23-20(25)18-10-9-17(28-18)13-27-16-7-5-15(22)6-8-16/h5-10,14,19H,3-4,11-13H2,1-2H3,(H,23,25)/t19-/m0/s1. The number of nitrogens with zero attached hydrogens (tertiary/aromatic N) is 1. The van der Waals surface area contributed by atoms with Gasteiger partial charge in [0.2, 0.25) is 5.91 Å². The van der Waals surface area contributed by atoms with Crippen LogP contribution in [0.3, 0.4) is 0 Å². The van der Waals surface area contributed by atoms with E-state index < -0.39 is 6.04 Å². The summed E-state index contributed by atoms with van der Waals surface area (Å²) in [5.74, 6) is 1.01. The van der Waals surface area contributed by atoms with Gasteiger partial charge in [-0.25, -0.2) is 0 Å². The Morgan fingerprint density at radius 2 is 1.82 bits per heavy atom. The molecule has 1 aliphatic rings. The Morgan fingerprint density at radius 3 is 2.46 bits per heavy atom. The Kier molecular flexibility index (Phi) is 6.78. The molecular weight excluding hydrogens is 424 g/mol. The highest BCUT2D eigenvalue weighted by Gasteiger charge is 2.30. The fourth-order valence-electron chi connectivity index (χ4n) is 3.12. The molecule has 28 heavy (non-hydrogen) atoms. The van der Waals surface area contributed by atoms with Crippen molar-refractivity contribution in [2.24, 2.45) is 5.92 Å². The molecule has 2 aromatic rings. The van der Waals surface area contributed by atoms with Gasteiger partial charge < -0.3 is 19.4 Å². The second-order valence-electron chi connectivity index (χ2n) is 7.24. The zero-order chi connectivity index (χ0) is 20.1. The summed E-state index contributed by atoms with van der Waals surface area (Å²) in [6, 6.07) is 10.2. The maximum Gasteiger partial charge on any atom is 0.287 e. The summed E-state index contributed by atoms with van der Waals surface area (Å²) in [5.41, 5.74) is 0. The van der Waals surface area contributed by atoms with Crippen LogP contribution >= 0.6 is 15.9 Å². The molecule has 0 radical (unpaired) electrons. The lowest BCUT2D eigenvalue weighted by Gasteiger charge is -2.26. The summed E-state index contributed by atoms with van der Waals surface area (Å²) in [6.45, 7) is 5.60. The minimum absolute atomic E-state index is 0.00720. The number of halogens is 1. The second kappa shape index (κ2) is 9.28. The van der Waals surface area contributed by atoms with E-state index in [1.54, 1.807) is 12.1 Å². The first-order chi connectivity index (χ1) is 13.4. The molecule has 150 valence electrons. The van der Waals surface area contributed by atoms with E-state index in [4.69, 9.17) is 9.15 Å². The highest BCUT2D eigenvalue weighted by Crippen LogP contribution is 2.19. The average molecular weight is 449 g/mol. The summed E-state index contributed by atoms with van der Waals surface area (Å²) in [6.07, 6.45) is 2.04. The Balaban J connectivity index is 1.58. The molecule has 1 saturated heterocycles. The highest BCUT2D eigenvalue weighted by molar-refractivity contribution is 9.10. The molecule has 0 spiro atoms. The van der Waals surface area contributed by atoms with Gasteiger partial charge in [0.25, 0.3) is 5.91 Å². The van der Waals surface area contributed by atoms with Crippen LogP contribution < -0.4 is 10.1 Å². The number of benzene rings is 1. The number of nitrogens with one attached hydrogen (secondary N) is 1. The third kappa shape index (κ3) is 5.16. The zero-order valence-corrected chi connectivity index (χ0v) is 17.7. The van der Waals surface area contributed by atoms with Gasteiger partial charge in [0, 0.05) is 17.6 Å². The molecule has 1 aromatic heterocycles. The normalized spacial score (nSPS) is 14.9. The molecule has 1 aromatic carbocycles. The Hall–Kier alpha value is -2.28. The minimum Gasteiger partial charge on any atom is -0.486 e. The first-order valence-corrected chi connectivity index (χ1v) is 10.3. The molecule has 6 nitrogen and oxygen atoms in total. The number of rotatable bonds is 7. The Morgan fingerprint density at radius 1 is 1.14 bits per heavy atom. The monoisotopic (exact) mass is 448 g/mol. The maximum absolute atomic E-state index is 12.7. The lowest BCUT2D eigenvalue weighted by molar-refractivity contribution is -0.133. The van der Waals surface area contributed by atoms with Gasteiger partial charge in [-0.15, -0.1) is 0 Å². The van der Waals surface area contributed by atoms with Gasteiger partial charge in [0.15, 0.2) is 5.76 Å². The highest BCUT2D eigenvalue weighted by atomic mass is 79.9. The first kappa shape index (κ1) is 20.5. The molecule has 7 heteroatoms. The van der Waals surface area contributed by atoms with Crippen molar-refractivity contribution in [3.8, 4) is 5.75 Å². The number of carbonyl (C=O) groups excluding carboxylic acids is 2. The third-order valence-electron chi connectivity index (χ3n) is 4.72. The van der Waals surface area contributed by atoms with Crippen LogP contribution in [0, 0.1) is 5.92 Å². The number of ether oxygens (including phenoxy) is 1. The molecule has 1 fully saturated rings. The summed E-state index contributed by atoms with van der Waals surface area (Å²) in [7, 11) is 0. The molecule has 1 aliphatic heterocycles. The lowest BCUT2D eigenvalue weighted by atomic mass is 10.0. The molecular formula is C21H25BrN2O4. The van der Waals surface area contributed by atoms with Crippen molar-refractivity contribution >= 4 is 27.7 Å². The predicted octanol–water partition coefficient (Wildman–Crippen LogP) is 4.00. The van der Waals surface area contributed by atoms with E-state index in [0.29, 0.717) is 11.5 Å². The smallest absolute Gasteiger partial charge is 0.287 e. The number of hydrogen-bond acceptors (Lipinski definition) is 4. The molecule has 3 rings (SSSR count). The fourth-order valence-corrected chi connectivity index (χ4v) is 3.39. The Labute approximate surface area is 173 Å². The van der Waals surface area contributed by atoms with E-state index in [1.165, 1.54) is 0 Å². The van der Waals surface area contributed by atoms with Crippen molar-refractivity contribution in [2.75, 3.05) is 13.1 Å². The van der Waals surface area contributed by atoms with Crippen LogP contribution in [-0.2, 0) is 11.4 Å². The van der Waals surface area contributed by atoms with E-state index in [-0.39, 0.29) is 30.1 Å². The fraction of sp³-hybridized carbons (Fsp3) is 0.429. The number of likely N-dealkylation sites (tertiary alicyclic amines) is 1. The number of hydrogen-bond donors (Lipinski definition) is 1. The van der Waals surface area contributed by atoms with Gasteiger partial charge in [-0.2, -0.15) is 0 Å². The van der Waals surface area contributed by atoms with E-state index in [9.17, 15) is 9.59 Å². The molecule has 0 unspecified atom stereocenters. The number of amides is 2. The molecule has 1 N–H and O–H groups in total. The van der Waals surface area contributed by atoms with Crippen LogP contribution in [-0.4, -0.2) is 35.8 Å². The van der Waals surface area contributed by atoms with E-state index in [1.807, 2.05) is 43.0 Å². The largest absolute Gasteiger partial charge is 0.486 e. The molecule has 0 bridgehead atoms. The van der Waals surface area contributed by atoms with Crippen molar-refractivity contribution < 1.29 is 18.7 Å². The van der Waals surface area contributed by atoms with Crippen LogP contribution in [0.25, 0.3) is 0 Å². The van der Waals surface area contributed by atoms with Crippen LogP contribution in [0.15, 0.2) is 45.3 Å². The van der Waals surface area contributed by atoms with Crippen LogP contribution in [0.1, 0.15) is 43.0 Å². The summed E-state index contributed by atoms with van der Waals surface area (Å²) >= 11 is 3.38. The van der Waals surface area contributed by atoms with Crippen molar-refractivity contribution in [2.45, 2.75) is 39.3 Å². The topological polar surface area (TPSA) is 71.8 Å². The van der Waals surface area contributed by atoms with Gasteiger partial charge in [0.05, 0.1) is 0 Å². The second-order valence-corrected chi connectivity index (χ2v) is 8.15. The van der Waals surface area contributed by atoms with Gasteiger partial charge in [0.1, 0.15) is 24.2 Å². The maximum atomic E-state index is 12.7. The van der Waals surface area contributed by atoms with Crippen LogP contribution in [0.4, 0.5) is 0 Å². The SMILES string of the molecule is CC(C)[C@H](NC(=O)c1ccc(COc2ccc(Br)cc2)o1)C(=O)N1CCCC1. The summed E-state index contributed by atoms with van der Waals surface area (Å²) in [5, 5.41) is 2.83. The van der Waals surface area contributed by atoms with Crippen LogP contribution in [0.5, 0.6) is 5.75 Å². The Bertz CT molecular complexity index is 810. The van der Waals surface area contributed by atoms with Crippen molar-refractivity contribution in [3.05, 3.63) is 52.4 Å². The molecule has 0 saturated carbocycles. The first-order valence-electron chi connectivity index (χ1n) is 9.51. The van der Waals surface area contributed by atoms with Gasteiger partial charge in [-0.05, 0) is 55.2 Å². The minimum atomic E-state index is -0.557. The van der Waals surface area contributed by atoms with Crippen LogP contribution in [0.2, 0.25) is 0 Å². The van der Waals surface area contributed by atoms with Crippen molar-refractivity contribution in [1.82, 2.24) is 10.2 Å². The van der Waals surface area contributed by atoms with Gasteiger partial charge >= 0.3 is 0 Å². The van der Waals surface area contributed by atoms with E-state index in [2.05, 4.69) is 21.2 Å². The molecule has 2 amide bonds. The van der Waals surface area contributed by atoms with Gasteiger partial charge in [-0.1, -0.05) is 29.8 Å². The zero-order valence-electron chi connectivity index (χ0n) is 16.1. The third-order valence-corrected chi connectivity index (χ3v) is 5.25. The molecule has 2 heterocycles. The average Bonchev–Trinajstić information content (AvgIpc) is 3.36. The lowest BCUT2D eigenvalue weighted by Crippen LogP contribution is -2.50. The number of furan rings is 1. The van der Waals surface area contributed by atoms with Gasteiger partial charge in [-0.3, -0.25) is 9.59 Å². The van der Waals surface area contributed by atoms with Crippen molar-refractivity contribution in [1.29, 1.82) is 0 Å². The predicted molar refractivity (Wildman–Crippen MR) is 109 cm³/mol. The molecule has 0 aliphatic carbocycles.